The minimum absolute atomic E-state index is 0.0417. The van der Waals surface area contributed by atoms with E-state index in [0.717, 1.165) is 6.42 Å². The van der Waals surface area contributed by atoms with Gasteiger partial charge in [-0.15, -0.1) is 0 Å². The smallest absolute Gasteiger partial charge is 0.328 e. The SMILES string of the molecule is CCC(N)C(C)O.O=C(O)/C=C/C(=O)O.O=C(O)/C=C/C(=O)O. The lowest BCUT2D eigenvalue weighted by Crippen LogP contribution is -2.31. The third kappa shape index (κ3) is 32.6. The Hall–Kier alpha value is -2.72. The topological polar surface area (TPSA) is 195 Å². The van der Waals surface area contributed by atoms with Gasteiger partial charge in [0.1, 0.15) is 0 Å². The fraction of sp³-hybridized carbons (Fsp3) is 0.385. The Labute approximate surface area is 132 Å². The summed E-state index contributed by atoms with van der Waals surface area (Å²) < 4.78 is 0. The van der Waals surface area contributed by atoms with Crippen LogP contribution in [0.15, 0.2) is 24.3 Å². The molecule has 10 nitrogen and oxygen atoms in total. The number of nitrogens with two attached hydrogens (primary N) is 1. The van der Waals surface area contributed by atoms with E-state index in [1.54, 1.807) is 6.92 Å². The van der Waals surface area contributed by atoms with Crippen molar-refractivity contribution in [2.24, 2.45) is 5.73 Å². The molecule has 0 aromatic carbocycles. The molecule has 0 saturated heterocycles. The number of aliphatic carboxylic acids is 4. The molecule has 0 fully saturated rings. The van der Waals surface area contributed by atoms with Crippen molar-refractivity contribution in [2.75, 3.05) is 0 Å². The van der Waals surface area contributed by atoms with E-state index in [-0.39, 0.29) is 12.1 Å². The zero-order valence-corrected chi connectivity index (χ0v) is 12.6. The zero-order chi connectivity index (χ0) is 19.0. The molecule has 0 aromatic heterocycles. The summed E-state index contributed by atoms with van der Waals surface area (Å²) in [6.45, 7) is 3.66. The van der Waals surface area contributed by atoms with Crippen LogP contribution in [0.4, 0.5) is 0 Å². The van der Waals surface area contributed by atoms with Crippen LogP contribution in [0.1, 0.15) is 20.3 Å². The van der Waals surface area contributed by atoms with E-state index >= 15 is 0 Å². The first-order chi connectivity index (χ1) is 10.4. The Morgan fingerprint density at radius 2 is 1.04 bits per heavy atom. The molecule has 10 heteroatoms. The van der Waals surface area contributed by atoms with Gasteiger partial charge in [-0.3, -0.25) is 0 Å². The van der Waals surface area contributed by atoms with Crippen LogP contribution in [0.2, 0.25) is 0 Å². The maximum absolute atomic E-state index is 9.55. The summed E-state index contributed by atoms with van der Waals surface area (Å²) in [5, 5.41) is 39.9. The minimum Gasteiger partial charge on any atom is -0.478 e. The summed E-state index contributed by atoms with van der Waals surface area (Å²) >= 11 is 0. The molecular weight excluding hydrogens is 314 g/mol. The Kier molecular flexibility index (Phi) is 17.2. The molecule has 0 aliphatic carbocycles. The molecule has 0 spiro atoms. The minimum atomic E-state index is -1.26. The van der Waals surface area contributed by atoms with Gasteiger partial charge in [0.25, 0.3) is 0 Å². The van der Waals surface area contributed by atoms with Crippen LogP contribution in [-0.2, 0) is 19.2 Å². The number of hydrogen-bond acceptors (Lipinski definition) is 6. The predicted octanol–water partition coefficient (Wildman–Crippen LogP) is -0.472. The maximum Gasteiger partial charge on any atom is 0.328 e. The van der Waals surface area contributed by atoms with Crippen molar-refractivity contribution in [2.45, 2.75) is 32.4 Å². The number of aliphatic hydroxyl groups excluding tert-OH is 1. The first kappa shape index (κ1) is 25.2. The van der Waals surface area contributed by atoms with Crippen molar-refractivity contribution in [1.29, 1.82) is 0 Å². The molecule has 0 heterocycles. The first-order valence-corrected chi connectivity index (χ1v) is 6.15. The van der Waals surface area contributed by atoms with Gasteiger partial charge in [0.15, 0.2) is 0 Å². The van der Waals surface area contributed by atoms with Crippen molar-refractivity contribution < 1.29 is 44.7 Å². The van der Waals surface area contributed by atoms with E-state index in [2.05, 4.69) is 0 Å². The fourth-order valence-corrected chi connectivity index (χ4v) is 0.626. The lowest BCUT2D eigenvalue weighted by Gasteiger charge is -2.09. The highest BCUT2D eigenvalue weighted by atomic mass is 16.4. The molecule has 0 aromatic rings. The third-order valence-corrected chi connectivity index (χ3v) is 1.83. The number of hydrogen-bond donors (Lipinski definition) is 6. The second-order valence-electron chi connectivity index (χ2n) is 3.83. The molecule has 0 amide bonds. The van der Waals surface area contributed by atoms with Crippen molar-refractivity contribution >= 4 is 23.9 Å². The summed E-state index contributed by atoms with van der Waals surface area (Å²) in [7, 11) is 0. The molecule has 0 aliphatic rings. The number of carboxylic acids is 4. The summed E-state index contributed by atoms with van der Waals surface area (Å²) in [6.07, 6.45) is 2.72. The summed E-state index contributed by atoms with van der Waals surface area (Å²) in [5.41, 5.74) is 5.37. The van der Waals surface area contributed by atoms with Gasteiger partial charge in [-0.05, 0) is 13.3 Å². The van der Waals surface area contributed by atoms with E-state index in [4.69, 9.17) is 31.3 Å². The molecule has 132 valence electrons. The molecule has 0 saturated carbocycles. The van der Waals surface area contributed by atoms with Gasteiger partial charge in [0.05, 0.1) is 6.10 Å². The second kappa shape index (κ2) is 15.7. The number of rotatable bonds is 6. The molecule has 0 radical (unpaired) electrons. The van der Waals surface area contributed by atoms with Crippen molar-refractivity contribution in [3.05, 3.63) is 24.3 Å². The van der Waals surface area contributed by atoms with Crippen LogP contribution in [0.5, 0.6) is 0 Å². The van der Waals surface area contributed by atoms with Crippen LogP contribution in [-0.4, -0.2) is 61.6 Å². The van der Waals surface area contributed by atoms with Gasteiger partial charge in [0, 0.05) is 30.3 Å². The highest BCUT2D eigenvalue weighted by Gasteiger charge is 2.03. The summed E-state index contributed by atoms with van der Waals surface area (Å²) in [4.78, 5) is 38.2. The number of carbonyl (C=O) groups is 4. The highest BCUT2D eigenvalue weighted by Crippen LogP contribution is 1.91. The molecule has 0 rings (SSSR count). The molecule has 0 aliphatic heterocycles. The fourth-order valence-electron chi connectivity index (χ4n) is 0.626. The van der Waals surface area contributed by atoms with E-state index in [9.17, 15) is 19.2 Å². The Balaban J connectivity index is -0.000000262. The monoisotopic (exact) mass is 335 g/mol. The molecule has 2 unspecified atom stereocenters. The van der Waals surface area contributed by atoms with Gasteiger partial charge in [-0.1, -0.05) is 6.92 Å². The van der Waals surface area contributed by atoms with E-state index in [1.807, 2.05) is 6.92 Å². The molecule has 23 heavy (non-hydrogen) atoms. The lowest BCUT2D eigenvalue weighted by molar-refractivity contribution is -0.134. The zero-order valence-electron chi connectivity index (χ0n) is 12.6. The average molecular weight is 335 g/mol. The van der Waals surface area contributed by atoms with E-state index in [0.29, 0.717) is 24.3 Å². The number of carboxylic acid groups (broad SMARTS) is 4. The van der Waals surface area contributed by atoms with Crippen LogP contribution < -0.4 is 5.73 Å². The van der Waals surface area contributed by atoms with Crippen molar-refractivity contribution in [3.63, 3.8) is 0 Å². The molecule has 0 bridgehead atoms. The van der Waals surface area contributed by atoms with Gasteiger partial charge in [-0.25, -0.2) is 19.2 Å². The quantitative estimate of drug-likeness (QED) is 0.345. The standard InChI is InChI=1S/C5H13NO.2C4H4O4/c1-3-5(6)4(2)7;2*5-3(6)1-2-4(7)8/h4-5,7H,3,6H2,1-2H3;2*1-2H,(H,5,6)(H,7,8)/b;2*2-1+. The van der Waals surface area contributed by atoms with Crippen LogP contribution >= 0.6 is 0 Å². The van der Waals surface area contributed by atoms with Crippen molar-refractivity contribution in [1.82, 2.24) is 0 Å². The highest BCUT2D eigenvalue weighted by molar-refractivity contribution is 5.90. The van der Waals surface area contributed by atoms with Crippen LogP contribution in [0.25, 0.3) is 0 Å². The summed E-state index contributed by atoms with van der Waals surface area (Å²) in [6, 6.07) is -0.0417. The van der Waals surface area contributed by atoms with Crippen molar-refractivity contribution in [3.8, 4) is 0 Å². The van der Waals surface area contributed by atoms with Gasteiger partial charge in [0.2, 0.25) is 0 Å². The van der Waals surface area contributed by atoms with Crippen LogP contribution in [0.3, 0.4) is 0 Å². The normalized spacial score (nSPS) is 12.3. The largest absolute Gasteiger partial charge is 0.478 e. The lowest BCUT2D eigenvalue weighted by atomic mass is 10.1. The Morgan fingerprint density at radius 1 is 0.826 bits per heavy atom. The second-order valence-corrected chi connectivity index (χ2v) is 3.83. The maximum atomic E-state index is 9.55. The average Bonchev–Trinajstić information content (AvgIpc) is 2.43. The molecule has 7 N–H and O–H groups in total. The predicted molar refractivity (Wildman–Crippen MR) is 78.8 cm³/mol. The van der Waals surface area contributed by atoms with E-state index in [1.165, 1.54) is 0 Å². The Bertz CT molecular complexity index is 375. The first-order valence-electron chi connectivity index (χ1n) is 6.15. The number of aliphatic hydroxyl groups is 1. The van der Waals surface area contributed by atoms with E-state index < -0.39 is 23.9 Å². The molecular formula is C13H21NO9. The molecule has 2 atom stereocenters. The summed E-state index contributed by atoms with van der Waals surface area (Å²) in [5.74, 6) is -5.03. The van der Waals surface area contributed by atoms with Gasteiger partial charge in [-0.2, -0.15) is 0 Å². The Morgan fingerprint density at radius 3 is 1.09 bits per heavy atom. The van der Waals surface area contributed by atoms with Gasteiger partial charge >= 0.3 is 23.9 Å². The third-order valence-electron chi connectivity index (χ3n) is 1.83. The van der Waals surface area contributed by atoms with Gasteiger partial charge < -0.3 is 31.3 Å². The van der Waals surface area contributed by atoms with Crippen LogP contribution in [0, 0.1) is 0 Å².